The van der Waals surface area contributed by atoms with Crippen molar-refractivity contribution in [3.8, 4) is 0 Å². The second-order valence-electron chi connectivity index (χ2n) is 3.01. The third kappa shape index (κ3) is 3.40. The molecule has 2 N–H and O–H groups in total. The molecule has 1 aromatic heterocycles. The summed E-state index contributed by atoms with van der Waals surface area (Å²) in [6.45, 7) is 7.13. The molecule has 0 amide bonds. The zero-order valence-electron chi connectivity index (χ0n) is 9.94. The predicted molar refractivity (Wildman–Crippen MR) is 59.1 cm³/mol. The van der Waals surface area contributed by atoms with Gasteiger partial charge in [-0.3, -0.25) is 4.98 Å². The van der Waals surface area contributed by atoms with Gasteiger partial charge >= 0.3 is 6.18 Å². The molecule has 1 rings (SSSR count). The molecule has 0 aliphatic heterocycles. The smallest absolute Gasteiger partial charge is 0.397 e. The van der Waals surface area contributed by atoms with Gasteiger partial charge in [0, 0.05) is 5.69 Å². The van der Waals surface area contributed by atoms with Gasteiger partial charge in [0.05, 0.1) is 16.9 Å². The number of aryl methyl sites for hydroxylation is 2. The number of pyridine rings is 1. The van der Waals surface area contributed by atoms with E-state index in [0.29, 0.717) is 12.1 Å². The van der Waals surface area contributed by atoms with E-state index in [4.69, 9.17) is 5.73 Å². The Morgan fingerprint density at radius 1 is 1.31 bits per heavy atom. The van der Waals surface area contributed by atoms with Crippen LogP contribution in [0.1, 0.15) is 37.7 Å². The van der Waals surface area contributed by atoms with Gasteiger partial charge in [0.25, 0.3) is 0 Å². The van der Waals surface area contributed by atoms with E-state index in [1.54, 1.807) is 6.92 Å². The first-order chi connectivity index (χ1) is 7.36. The van der Waals surface area contributed by atoms with Crippen LogP contribution in [0.2, 0.25) is 0 Å². The topological polar surface area (TPSA) is 38.9 Å². The Labute approximate surface area is 93.7 Å². The number of rotatable bonds is 1. The van der Waals surface area contributed by atoms with E-state index >= 15 is 0 Å². The van der Waals surface area contributed by atoms with Crippen LogP contribution in [0.15, 0.2) is 6.07 Å². The number of nitrogen functional groups attached to an aromatic ring is 1. The van der Waals surface area contributed by atoms with Gasteiger partial charge in [-0.15, -0.1) is 0 Å². The Hall–Kier alpha value is -1.26. The maximum absolute atomic E-state index is 12.4. The SMILES string of the molecule is CC.CCc1nc(C)c(C(F)(F)F)cc1N. The zero-order chi connectivity index (χ0) is 12.9. The average Bonchev–Trinajstić information content (AvgIpc) is 2.22. The van der Waals surface area contributed by atoms with Crippen LogP contribution in [0.5, 0.6) is 0 Å². The van der Waals surface area contributed by atoms with E-state index in [2.05, 4.69) is 4.98 Å². The quantitative estimate of drug-likeness (QED) is 0.806. The lowest BCUT2D eigenvalue weighted by Gasteiger charge is -2.12. The maximum atomic E-state index is 12.4. The van der Waals surface area contributed by atoms with Crippen molar-refractivity contribution in [3.63, 3.8) is 0 Å². The number of aromatic nitrogens is 1. The van der Waals surface area contributed by atoms with E-state index in [0.717, 1.165) is 6.07 Å². The van der Waals surface area contributed by atoms with Crippen molar-refractivity contribution in [3.05, 3.63) is 23.0 Å². The molecule has 0 saturated heterocycles. The van der Waals surface area contributed by atoms with Crippen LogP contribution in [0, 0.1) is 6.92 Å². The molecule has 0 unspecified atom stereocenters. The maximum Gasteiger partial charge on any atom is 0.418 e. The van der Waals surface area contributed by atoms with Crippen molar-refractivity contribution in [1.82, 2.24) is 4.98 Å². The van der Waals surface area contributed by atoms with Crippen molar-refractivity contribution >= 4 is 5.69 Å². The molecule has 16 heavy (non-hydrogen) atoms. The van der Waals surface area contributed by atoms with Gasteiger partial charge < -0.3 is 5.73 Å². The van der Waals surface area contributed by atoms with Gasteiger partial charge in [-0.25, -0.2) is 0 Å². The second-order valence-corrected chi connectivity index (χ2v) is 3.01. The van der Waals surface area contributed by atoms with Gasteiger partial charge in [-0.05, 0) is 19.4 Å². The molecular formula is C11H17F3N2. The van der Waals surface area contributed by atoms with Gasteiger partial charge in [0.15, 0.2) is 0 Å². The first-order valence-electron chi connectivity index (χ1n) is 5.19. The fourth-order valence-electron chi connectivity index (χ4n) is 1.24. The third-order valence-corrected chi connectivity index (χ3v) is 1.97. The van der Waals surface area contributed by atoms with Crippen molar-refractivity contribution in [2.45, 2.75) is 40.3 Å². The molecule has 0 atom stereocenters. The lowest BCUT2D eigenvalue weighted by Crippen LogP contribution is -2.11. The highest BCUT2D eigenvalue weighted by Crippen LogP contribution is 2.32. The molecule has 1 heterocycles. The summed E-state index contributed by atoms with van der Waals surface area (Å²) in [4.78, 5) is 3.81. The Morgan fingerprint density at radius 2 is 1.81 bits per heavy atom. The summed E-state index contributed by atoms with van der Waals surface area (Å²) in [5.41, 5.74) is 5.27. The van der Waals surface area contributed by atoms with E-state index in [1.807, 2.05) is 13.8 Å². The largest absolute Gasteiger partial charge is 0.418 e. The second kappa shape index (κ2) is 5.72. The Bertz CT molecular complexity index is 346. The first kappa shape index (κ1) is 14.7. The van der Waals surface area contributed by atoms with Gasteiger partial charge in [0.1, 0.15) is 0 Å². The molecular weight excluding hydrogens is 217 g/mol. The molecule has 0 fully saturated rings. The summed E-state index contributed by atoms with van der Waals surface area (Å²) in [5.74, 6) is 0. The number of nitrogens with two attached hydrogens (primary N) is 1. The Kier molecular flexibility index (Phi) is 5.27. The summed E-state index contributed by atoms with van der Waals surface area (Å²) in [7, 11) is 0. The molecule has 0 saturated carbocycles. The van der Waals surface area contributed by atoms with E-state index < -0.39 is 11.7 Å². The van der Waals surface area contributed by atoms with Crippen LogP contribution in [-0.2, 0) is 12.6 Å². The molecule has 0 spiro atoms. The number of hydrogen-bond acceptors (Lipinski definition) is 2. The highest BCUT2D eigenvalue weighted by Gasteiger charge is 2.33. The number of alkyl halides is 3. The van der Waals surface area contributed by atoms with Gasteiger partial charge in [0.2, 0.25) is 0 Å². The summed E-state index contributed by atoms with van der Waals surface area (Å²) in [6, 6.07) is 0.946. The van der Waals surface area contributed by atoms with Crippen LogP contribution < -0.4 is 5.73 Å². The minimum Gasteiger partial charge on any atom is -0.397 e. The molecule has 0 aliphatic rings. The lowest BCUT2D eigenvalue weighted by molar-refractivity contribution is -0.138. The van der Waals surface area contributed by atoms with Crippen molar-refractivity contribution in [1.29, 1.82) is 0 Å². The number of hydrogen-bond donors (Lipinski definition) is 1. The monoisotopic (exact) mass is 234 g/mol. The lowest BCUT2D eigenvalue weighted by atomic mass is 10.1. The third-order valence-electron chi connectivity index (χ3n) is 1.97. The van der Waals surface area contributed by atoms with Gasteiger partial charge in [-0.1, -0.05) is 20.8 Å². The van der Waals surface area contributed by atoms with Crippen LogP contribution >= 0.6 is 0 Å². The number of anilines is 1. The van der Waals surface area contributed by atoms with Crippen molar-refractivity contribution in [2.75, 3.05) is 5.73 Å². The molecule has 0 aliphatic carbocycles. The Morgan fingerprint density at radius 3 is 2.19 bits per heavy atom. The van der Waals surface area contributed by atoms with Crippen LogP contribution in [0.4, 0.5) is 18.9 Å². The van der Waals surface area contributed by atoms with E-state index in [9.17, 15) is 13.2 Å². The van der Waals surface area contributed by atoms with E-state index in [-0.39, 0.29) is 11.4 Å². The summed E-state index contributed by atoms with van der Waals surface area (Å²) >= 11 is 0. The van der Waals surface area contributed by atoms with Gasteiger partial charge in [-0.2, -0.15) is 13.2 Å². The fourth-order valence-corrected chi connectivity index (χ4v) is 1.24. The minimum atomic E-state index is -4.38. The number of nitrogens with zero attached hydrogens (tertiary/aromatic N) is 1. The average molecular weight is 234 g/mol. The summed E-state index contributed by atoms with van der Waals surface area (Å²) < 4.78 is 37.1. The number of halogens is 3. The summed E-state index contributed by atoms with van der Waals surface area (Å²) in [6.07, 6.45) is -3.84. The van der Waals surface area contributed by atoms with Crippen molar-refractivity contribution < 1.29 is 13.2 Å². The highest BCUT2D eigenvalue weighted by atomic mass is 19.4. The first-order valence-corrected chi connectivity index (χ1v) is 5.19. The van der Waals surface area contributed by atoms with Crippen LogP contribution in [0.25, 0.3) is 0 Å². The van der Waals surface area contributed by atoms with Crippen LogP contribution in [-0.4, -0.2) is 4.98 Å². The molecule has 2 nitrogen and oxygen atoms in total. The van der Waals surface area contributed by atoms with E-state index in [1.165, 1.54) is 6.92 Å². The molecule has 5 heteroatoms. The van der Waals surface area contributed by atoms with Crippen LogP contribution in [0.3, 0.4) is 0 Å². The summed E-state index contributed by atoms with van der Waals surface area (Å²) in [5, 5.41) is 0. The molecule has 0 bridgehead atoms. The Balaban J connectivity index is 0.00000106. The molecule has 0 radical (unpaired) electrons. The highest BCUT2D eigenvalue weighted by molar-refractivity contribution is 5.47. The fraction of sp³-hybridized carbons (Fsp3) is 0.545. The molecule has 0 aromatic carbocycles. The predicted octanol–water partition coefficient (Wildman–Crippen LogP) is 3.58. The van der Waals surface area contributed by atoms with Crippen molar-refractivity contribution in [2.24, 2.45) is 0 Å². The molecule has 92 valence electrons. The zero-order valence-corrected chi connectivity index (χ0v) is 9.94. The molecule has 1 aromatic rings. The minimum absolute atomic E-state index is 0.0245. The normalized spacial score (nSPS) is 10.7. The standard InChI is InChI=1S/C9H11F3N2.C2H6/c1-3-8-7(13)4-6(5(2)14-8)9(10,11)12;1-2/h4H,3,13H2,1-2H3;1-2H3.